The van der Waals surface area contributed by atoms with Crippen molar-refractivity contribution in [2.75, 3.05) is 5.73 Å². The molecule has 4 heteroatoms. The third-order valence-corrected chi connectivity index (χ3v) is 1.62. The number of hydrogen-bond acceptors (Lipinski definition) is 4. The average Bonchev–Trinajstić information content (AvgIpc) is 2.21. The Labute approximate surface area is 83.2 Å². The number of anilines is 1. The summed E-state index contributed by atoms with van der Waals surface area (Å²) < 4.78 is 0. The van der Waals surface area contributed by atoms with Gasteiger partial charge < -0.3 is 5.73 Å². The summed E-state index contributed by atoms with van der Waals surface area (Å²) in [6.07, 6.45) is 3.40. The van der Waals surface area contributed by atoms with Gasteiger partial charge in [0.15, 0.2) is 0 Å². The molecule has 2 rings (SSSR count). The first-order valence-electron chi connectivity index (χ1n) is 4.60. The molecule has 0 fully saturated rings. The van der Waals surface area contributed by atoms with E-state index in [-0.39, 0.29) is 5.95 Å². The summed E-state index contributed by atoms with van der Waals surface area (Å²) in [7, 11) is 0. The lowest BCUT2D eigenvalue weighted by molar-refractivity contribution is 1.18. The Morgan fingerprint density at radius 1 is 1.14 bits per heavy atom. The van der Waals surface area contributed by atoms with Crippen LogP contribution in [0.3, 0.4) is 0 Å². The number of aromatic nitrogens is 3. The van der Waals surface area contributed by atoms with E-state index in [0.717, 1.165) is 16.6 Å². The van der Waals surface area contributed by atoms with E-state index in [1.807, 2.05) is 26.8 Å². The molecule has 74 valence electrons. The fourth-order valence-electron chi connectivity index (χ4n) is 1.06. The van der Waals surface area contributed by atoms with Gasteiger partial charge in [0.05, 0.1) is 11.7 Å². The molecule has 2 N–H and O–H groups in total. The normalized spacial score (nSPS) is 9.36. The van der Waals surface area contributed by atoms with Crippen molar-refractivity contribution >= 4 is 16.9 Å². The molecule has 0 aliphatic heterocycles. The van der Waals surface area contributed by atoms with Crippen LogP contribution in [0.4, 0.5) is 5.95 Å². The molecule has 0 saturated heterocycles. The highest BCUT2D eigenvalue weighted by atomic mass is 15.0. The summed E-state index contributed by atoms with van der Waals surface area (Å²) in [6.45, 7) is 5.93. The number of fused-ring (bicyclic) bond motifs is 1. The molecule has 4 nitrogen and oxygen atoms in total. The molecule has 0 bridgehead atoms. The number of pyridine rings is 1. The molecule has 0 radical (unpaired) electrons. The predicted octanol–water partition coefficient (Wildman–Crippen LogP) is 1.94. The highest BCUT2D eigenvalue weighted by Gasteiger charge is 1.96. The largest absolute Gasteiger partial charge is 0.368 e. The van der Waals surface area contributed by atoms with Crippen molar-refractivity contribution in [3.63, 3.8) is 0 Å². The lowest BCUT2D eigenvalue weighted by Gasteiger charge is -1.97. The summed E-state index contributed by atoms with van der Waals surface area (Å²) in [5.41, 5.74) is 7.15. The van der Waals surface area contributed by atoms with E-state index in [9.17, 15) is 0 Å². The zero-order valence-corrected chi connectivity index (χ0v) is 8.65. The molecule has 2 heterocycles. The van der Waals surface area contributed by atoms with E-state index >= 15 is 0 Å². The molecule has 0 saturated carbocycles. The van der Waals surface area contributed by atoms with Crippen LogP contribution in [0, 0.1) is 6.92 Å². The first-order valence-corrected chi connectivity index (χ1v) is 4.60. The van der Waals surface area contributed by atoms with Crippen molar-refractivity contribution in [3.8, 4) is 0 Å². The van der Waals surface area contributed by atoms with Gasteiger partial charge in [-0.15, -0.1) is 0 Å². The van der Waals surface area contributed by atoms with Gasteiger partial charge in [-0.25, -0.2) is 9.97 Å². The quantitative estimate of drug-likeness (QED) is 0.689. The summed E-state index contributed by atoms with van der Waals surface area (Å²) in [6, 6.07) is 1.93. The second-order valence-electron chi connectivity index (χ2n) is 2.61. The van der Waals surface area contributed by atoms with Crippen molar-refractivity contribution in [1.29, 1.82) is 0 Å². The van der Waals surface area contributed by atoms with Gasteiger partial charge in [-0.2, -0.15) is 0 Å². The number of rotatable bonds is 0. The highest BCUT2D eigenvalue weighted by Crippen LogP contribution is 2.10. The third-order valence-electron chi connectivity index (χ3n) is 1.62. The molecule has 0 aromatic carbocycles. The number of hydrogen-bond donors (Lipinski definition) is 1. The van der Waals surface area contributed by atoms with Gasteiger partial charge in [-0.1, -0.05) is 13.8 Å². The second-order valence-corrected chi connectivity index (χ2v) is 2.61. The Bertz CT molecular complexity index is 384. The van der Waals surface area contributed by atoms with E-state index in [4.69, 9.17) is 5.73 Å². The van der Waals surface area contributed by atoms with Crippen LogP contribution < -0.4 is 5.73 Å². The van der Waals surface area contributed by atoms with Crippen LogP contribution in [0.25, 0.3) is 10.9 Å². The Morgan fingerprint density at radius 2 is 1.86 bits per heavy atom. The maximum Gasteiger partial charge on any atom is 0.220 e. The smallest absolute Gasteiger partial charge is 0.220 e. The highest BCUT2D eigenvalue weighted by molar-refractivity contribution is 5.77. The minimum atomic E-state index is 0.285. The molecule has 0 amide bonds. The van der Waals surface area contributed by atoms with Gasteiger partial charge >= 0.3 is 0 Å². The number of nitrogens with two attached hydrogens (primary N) is 1. The molecule has 14 heavy (non-hydrogen) atoms. The molecule has 0 unspecified atom stereocenters. The van der Waals surface area contributed by atoms with Crippen molar-refractivity contribution in [1.82, 2.24) is 15.0 Å². The first kappa shape index (κ1) is 10.4. The lowest BCUT2D eigenvalue weighted by Crippen LogP contribution is -1.94. The average molecular weight is 190 g/mol. The van der Waals surface area contributed by atoms with Crippen LogP contribution in [0.15, 0.2) is 18.5 Å². The van der Waals surface area contributed by atoms with Crippen LogP contribution in [-0.2, 0) is 0 Å². The SMILES string of the molecule is CC.Cc1cc2cnc(N)nc2cn1. The van der Waals surface area contributed by atoms with Gasteiger partial charge in [-0.3, -0.25) is 4.98 Å². The fraction of sp³-hybridized carbons (Fsp3) is 0.300. The first-order chi connectivity index (χ1) is 6.75. The summed E-state index contributed by atoms with van der Waals surface area (Å²) in [5.74, 6) is 0.285. The van der Waals surface area contributed by atoms with Crippen molar-refractivity contribution in [2.45, 2.75) is 20.8 Å². The second kappa shape index (κ2) is 4.50. The van der Waals surface area contributed by atoms with Crippen molar-refractivity contribution < 1.29 is 0 Å². The zero-order valence-electron chi connectivity index (χ0n) is 8.65. The number of aryl methyl sites for hydroxylation is 1. The van der Waals surface area contributed by atoms with E-state index in [2.05, 4.69) is 15.0 Å². The molecule has 0 aliphatic carbocycles. The van der Waals surface area contributed by atoms with Gasteiger partial charge in [0, 0.05) is 17.3 Å². The minimum absolute atomic E-state index is 0.285. The van der Waals surface area contributed by atoms with E-state index in [1.54, 1.807) is 12.4 Å². The summed E-state index contributed by atoms with van der Waals surface area (Å²) in [4.78, 5) is 12.0. The summed E-state index contributed by atoms with van der Waals surface area (Å²) in [5, 5.41) is 0.969. The van der Waals surface area contributed by atoms with Crippen LogP contribution in [0.2, 0.25) is 0 Å². The third kappa shape index (κ3) is 2.16. The maximum atomic E-state index is 5.41. The van der Waals surface area contributed by atoms with Crippen molar-refractivity contribution in [2.24, 2.45) is 0 Å². The predicted molar refractivity (Wildman–Crippen MR) is 57.8 cm³/mol. The maximum absolute atomic E-state index is 5.41. The number of nitrogen functional groups attached to an aromatic ring is 1. The Morgan fingerprint density at radius 3 is 2.57 bits per heavy atom. The molecule has 0 atom stereocenters. The molecule has 2 aromatic heterocycles. The molecule has 0 spiro atoms. The lowest BCUT2D eigenvalue weighted by atomic mass is 10.3. The van der Waals surface area contributed by atoms with Crippen LogP contribution in [0.5, 0.6) is 0 Å². The van der Waals surface area contributed by atoms with Crippen LogP contribution >= 0.6 is 0 Å². The van der Waals surface area contributed by atoms with E-state index in [1.165, 1.54) is 0 Å². The fourth-order valence-corrected chi connectivity index (χ4v) is 1.06. The molecular weight excluding hydrogens is 176 g/mol. The Balaban J connectivity index is 0.000000461. The van der Waals surface area contributed by atoms with Gasteiger partial charge in [0.25, 0.3) is 0 Å². The van der Waals surface area contributed by atoms with E-state index < -0.39 is 0 Å². The minimum Gasteiger partial charge on any atom is -0.368 e. The Hall–Kier alpha value is -1.71. The Kier molecular flexibility index (Phi) is 3.34. The van der Waals surface area contributed by atoms with Crippen LogP contribution in [0.1, 0.15) is 19.5 Å². The van der Waals surface area contributed by atoms with Gasteiger partial charge in [0.2, 0.25) is 5.95 Å². The molecule has 0 aliphatic rings. The number of nitrogens with zero attached hydrogens (tertiary/aromatic N) is 3. The van der Waals surface area contributed by atoms with Crippen molar-refractivity contribution in [3.05, 3.63) is 24.2 Å². The van der Waals surface area contributed by atoms with Crippen LogP contribution in [-0.4, -0.2) is 15.0 Å². The monoisotopic (exact) mass is 190 g/mol. The van der Waals surface area contributed by atoms with E-state index in [0.29, 0.717) is 0 Å². The summed E-state index contributed by atoms with van der Waals surface area (Å²) >= 11 is 0. The van der Waals surface area contributed by atoms with Gasteiger partial charge in [0.1, 0.15) is 0 Å². The zero-order chi connectivity index (χ0) is 10.6. The topological polar surface area (TPSA) is 64.7 Å². The molecule has 2 aromatic rings. The standard InChI is InChI=1S/C8H8N4.C2H6/c1-5-2-6-3-11-8(9)12-7(6)4-10-5;1-2/h2-4H,1H3,(H2,9,11,12);1-2H3. The molecular formula is C10H14N4. The van der Waals surface area contributed by atoms with Gasteiger partial charge in [-0.05, 0) is 13.0 Å².